The third-order valence-corrected chi connectivity index (χ3v) is 6.14. The number of ketones is 1. The number of carbonyl (C=O) groups excluding carboxylic acids is 1. The van der Waals surface area contributed by atoms with E-state index in [9.17, 15) is 10.1 Å². The first kappa shape index (κ1) is 21.7. The van der Waals surface area contributed by atoms with Gasteiger partial charge in [-0.1, -0.05) is 42.5 Å². The molecule has 164 valence electrons. The van der Waals surface area contributed by atoms with Crippen molar-refractivity contribution < 1.29 is 9.53 Å². The van der Waals surface area contributed by atoms with Gasteiger partial charge in [0.25, 0.3) is 0 Å². The lowest BCUT2D eigenvalue weighted by Gasteiger charge is -2.43. The average Bonchev–Trinajstić information content (AvgIpc) is 2.79. The van der Waals surface area contributed by atoms with Gasteiger partial charge >= 0.3 is 0 Å². The Morgan fingerprint density at radius 3 is 2.38 bits per heavy atom. The molecule has 0 saturated heterocycles. The maximum absolute atomic E-state index is 13.6. The van der Waals surface area contributed by atoms with Gasteiger partial charge in [-0.15, -0.1) is 0 Å². The van der Waals surface area contributed by atoms with Crippen molar-refractivity contribution in [3.63, 3.8) is 0 Å². The van der Waals surface area contributed by atoms with Gasteiger partial charge in [-0.25, -0.2) is 5.01 Å². The van der Waals surface area contributed by atoms with Crippen molar-refractivity contribution in [2.24, 2.45) is 5.73 Å². The minimum absolute atomic E-state index is 0.0612. The van der Waals surface area contributed by atoms with Crippen LogP contribution in [-0.2, 0) is 4.79 Å². The van der Waals surface area contributed by atoms with Crippen molar-refractivity contribution in [2.75, 3.05) is 20.7 Å². The lowest BCUT2D eigenvalue weighted by molar-refractivity contribution is -0.117. The minimum atomic E-state index is -0.480. The number of rotatable bonds is 5. The number of ether oxygens (including phenoxy) is 1. The number of carbonyl (C=O) groups is 1. The van der Waals surface area contributed by atoms with Crippen LogP contribution in [0.5, 0.6) is 5.75 Å². The highest BCUT2D eigenvalue weighted by molar-refractivity contribution is 6.00. The summed E-state index contributed by atoms with van der Waals surface area (Å²) in [6.45, 7) is 2.51. The summed E-state index contributed by atoms with van der Waals surface area (Å²) in [4.78, 5) is 13.6. The van der Waals surface area contributed by atoms with Crippen LogP contribution in [0.25, 0.3) is 0 Å². The second kappa shape index (κ2) is 8.89. The zero-order valence-electron chi connectivity index (χ0n) is 18.7. The number of hydrogen-bond acceptors (Lipinski definition) is 6. The Labute approximate surface area is 189 Å². The van der Waals surface area contributed by atoms with Crippen LogP contribution in [0.3, 0.4) is 0 Å². The summed E-state index contributed by atoms with van der Waals surface area (Å²) in [5.41, 5.74) is 10.5. The summed E-state index contributed by atoms with van der Waals surface area (Å²) in [5.74, 6) is 0.780. The molecule has 0 aromatic heterocycles. The van der Waals surface area contributed by atoms with E-state index in [4.69, 9.17) is 10.5 Å². The molecule has 2 N–H and O–H groups in total. The summed E-state index contributed by atoms with van der Waals surface area (Å²) in [6.07, 6.45) is 1.09. The lowest BCUT2D eigenvalue weighted by atomic mass is 9.72. The zero-order chi connectivity index (χ0) is 22.8. The van der Waals surface area contributed by atoms with Gasteiger partial charge in [0, 0.05) is 31.8 Å². The van der Waals surface area contributed by atoms with E-state index in [1.165, 1.54) is 0 Å². The number of Topliss-reactive ketones (excluding diaryl/α,β-unsaturated/α-hetero) is 1. The van der Waals surface area contributed by atoms with E-state index in [1.807, 2.05) is 73.5 Å². The van der Waals surface area contributed by atoms with Crippen LogP contribution in [0.4, 0.5) is 0 Å². The molecule has 1 heterocycles. The molecule has 2 aromatic rings. The van der Waals surface area contributed by atoms with Crippen molar-refractivity contribution in [1.82, 2.24) is 10.0 Å². The summed E-state index contributed by atoms with van der Waals surface area (Å²) in [6, 6.07) is 20.0. The van der Waals surface area contributed by atoms with Crippen molar-refractivity contribution >= 4 is 5.78 Å². The predicted molar refractivity (Wildman–Crippen MR) is 123 cm³/mol. The summed E-state index contributed by atoms with van der Waals surface area (Å²) >= 11 is 0. The Bertz CT molecular complexity index is 1110. The van der Waals surface area contributed by atoms with E-state index in [0.717, 1.165) is 22.6 Å². The number of nitrogens with zero attached hydrogens (tertiary/aromatic N) is 3. The predicted octanol–water partition coefficient (Wildman–Crippen LogP) is 4.06. The third kappa shape index (κ3) is 3.76. The van der Waals surface area contributed by atoms with Gasteiger partial charge in [0.15, 0.2) is 5.78 Å². The Balaban J connectivity index is 1.85. The first-order valence-electron chi connectivity index (χ1n) is 10.9. The Morgan fingerprint density at radius 2 is 1.78 bits per heavy atom. The minimum Gasteiger partial charge on any atom is -0.494 e. The highest BCUT2D eigenvalue weighted by atomic mass is 16.5. The monoisotopic (exact) mass is 428 g/mol. The van der Waals surface area contributed by atoms with E-state index >= 15 is 0 Å². The van der Waals surface area contributed by atoms with Gasteiger partial charge < -0.3 is 10.5 Å². The van der Waals surface area contributed by atoms with Gasteiger partial charge in [0.2, 0.25) is 0 Å². The van der Waals surface area contributed by atoms with Crippen LogP contribution in [0.2, 0.25) is 0 Å². The number of hydrogen-bond donors (Lipinski definition) is 1. The van der Waals surface area contributed by atoms with E-state index in [1.54, 1.807) is 0 Å². The van der Waals surface area contributed by atoms with Gasteiger partial charge in [-0.2, -0.15) is 5.26 Å². The quantitative estimate of drug-likeness (QED) is 0.773. The van der Waals surface area contributed by atoms with Gasteiger partial charge in [-0.3, -0.25) is 9.80 Å². The van der Waals surface area contributed by atoms with E-state index in [0.29, 0.717) is 36.4 Å². The molecule has 0 fully saturated rings. The number of nitriles is 1. The third-order valence-electron chi connectivity index (χ3n) is 6.14. The topological polar surface area (TPSA) is 82.6 Å². The molecule has 6 heteroatoms. The van der Waals surface area contributed by atoms with E-state index < -0.39 is 5.92 Å². The second-order valence-electron chi connectivity index (χ2n) is 8.30. The SMILES string of the molecule is CCOc1ccc([C@H]2C(C#N)=C(N)N(N(C)C)C3=C2C(=O)C[C@H](c2ccccc2)C3)cc1. The Hall–Kier alpha value is -3.56. The van der Waals surface area contributed by atoms with Crippen LogP contribution in [0, 0.1) is 11.3 Å². The summed E-state index contributed by atoms with van der Waals surface area (Å²) in [5, 5.41) is 13.7. The molecule has 0 spiro atoms. The molecular formula is C26H28N4O2. The van der Waals surface area contributed by atoms with Crippen LogP contribution >= 0.6 is 0 Å². The number of nitrogens with two attached hydrogens (primary N) is 1. The van der Waals surface area contributed by atoms with E-state index in [-0.39, 0.29) is 11.7 Å². The molecule has 2 aliphatic rings. The molecule has 0 saturated carbocycles. The van der Waals surface area contributed by atoms with Crippen LogP contribution in [0.1, 0.15) is 42.7 Å². The van der Waals surface area contributed by atoms with E-state index in [2.05, 4.69) is 18.2 Å². The molecule has 1 aliphatic heterocycles. The Kier molecular flexibility index (Phi) is 6.02. The van der Waals surface area contributed by atoms with Crippen molar-refractivity contribution in [3.05, 3.63) is 88.4 Å². The largest absolute Gasteiger partial charge is 0.494 e. The lowest BCUT2D eigenvalue weighted by Crippen LogP contribution is -2.46. The fourth-order valence-electron chi connectivity index (χ4n) is 4.79. The molecule has 0 unspecified atom stereocenters. The van der Waals surface area contributed by atoms with Crippen LogP contribution < -0.4 is 10.5 Å². The van der Waals surface area contributed by atoms with Crippen LogP contribution in [0.15, 0.2) is 77.3 Å². The molecule has 0 radical (unpaired) electrons. The fourth-order valence-corrected chi connectivity index (χ4v) is 4.79. The molecule has 0 amide bonds. The van der Waals surface area contributed by atoms with Gasteiger partial charge in [0.1, 0.15) is 11.6 Å². The smallest absolute Gasteiger partial charge is 0.162 e. The molecule has 1 aliphatic carbocycles. The van der Waals surface area contributed by atoms with Crippen LogP contribution in [-0.4, -0.2) is 36.5 Å². The molecule has 6 nitrogen and oxygen atoms in total. The maximum Gasteiger partial charge on any atom is 0.162 e. The molecular weight excluding hydrogens is 400 g/mol. The number of benzene rings is 2. The Morgan fingerprint density at radius 1 is 1.09 bits per heavy atom. The second-order valence-corrected chi connectivity index (χ2v) is 8.30. The molecule has 4 rings (SSSR count). The van der Waals surface area contributed by atoms with Crippen molar-refractivity contribution in [1.29, 1.82) is 5.26 Å². The summed E-state index contributed by atoms with van der Waals surface area (Å²) in [7, 11) is 3.75. The van der Waals surface area contributed by atoms with Crippen molar-refractivity contribution in [3.8, 4) is 11.8 Å². The standard InChI is InChI=1S/C26H28N4O2/c1-4-32-20-12-10-18(11-13-20)24-21(16-27)26(28)30(29(2)3)22-14-19(15-23(31)25(22)24)17-8-6-5-7-9-17/h5-13,19,24H,4,14-15,28H2,1-3H3/t19-,24+/m1/s1. The molecule has 32 heavy (non-hydrogen) atoms. The highest BCUT2D eigenvalue weighted by Crippen LogP contribution is 2.48. The summed E-state index contributed by atoms with van der Waals surface area (Å²) < 4.78 is 5.57. The first-order chi connectivity index (χ1) is 15.5. The number of allylic oxidation sites excluding steroid dienone is 3. The first-order valence-corrected chi connectivity index (χ1v) is 10.9. The van der Waals surface area contributed by atoms with Gasteiger partial charge in [0.05, 0.1) is 24.2 Å². The zero-order valence-corrected chi connectivity index (χ0v) is 18.7. The molecule has 0 bridgehead atoms. The van der Waals surface area contributed by atoms with Crippen molar-refractivity contribution in [2.45, 2.75) is 31.6 Å². The highest BCUT2D eigenvalue weighted by Gasteiger charge is 2.43. The molecule has 2 atom stereocenters. The maximum atomic E-state index is 13.6. The molecule has 2 aromatic carbocycles. The van der Waals surface area contributed by atoms with Gasteiger partial charge in [-0.05, 0) is 42.5 Å². The average molecular weight is 429 g/mol. The number of hydrazine groups is 1. The fraction of sp³-hybridized carbons (Fsp3) is 0.308. The normalized spacial score (nSPS) is 21.0.